The van der Waals surface area contributed by atoms with Crippen LogP contribution in [0.5, 0.6) is 0 Å². The average Bonchev–Trinajstić information content (AvgIpc) is 2.95. The number of thiazole rings is 1. The third-order valence-electron chi connectivity index (χ3n) is 2.81. The molecule has 0 N–H and O–H groups in total. The Labute approximate surface area is 123 Å². The van der Waals surface area contributed by atoms with E-state index in [0.29, 0.717) is 15.5 Å². The van der Waals surface area contributed by atoms with Crippen LogP contribution in [0.2, 0.25) is 5.02 Å². The van der Waals surface area contributed by atoms with Crippen molar-refractivity contribution in [2.24, 2.45) is 12.0 Å². The van der Waals surface area contributed by atoms with Crippen molar-refractivity contribution in [1.29, 1.82) is 0 Å². The predicted molar refractivity (Wildman–Crippen MR) is 76.9 cm³/mol. The number of aryl methyl sites for hydroxylation is 2. The number of hydrogen-bond donors (Lipinski definition) is 0. The Morgan fingerprint density at radius 3 is 2.95 bits per heavy atom. The third kappa shape index (κ3) is 2.28. The predicted octanol–water partition coefficient (Wildman–Crippen LogP) is 2.93. The van der Waals surface area contributed by atoms with E-state index in [2.05, 4.69) is 10.1 Å². The van der Waals surface area contributed by atoms with Crippen molar-refractivity contribution in [1.82, 2.24) is 9.72 Å². The van der Waals surface area contributed by atoms with Gasteiger partial charge in [0.05, 0.1) is 15.9 Å². The molecule has 1 aromatic carbocycles. The lowest BCUT2D eigenvalue weighted by molar-refractivity contribution is 0.0962. The summed E-state index contributed by atoms with van der Waals surface area (Å²) in [5, 5.41) is 4.34. The van der Waals surface area contributed by atoms with Gasteiger partial charge in [-0.05, 0) is 25.1 Å². The molecule has 7 heteroatoms. The molecule has 0 saturated carbocycles. The van der Waals surface area contributed by atoms with Gasteiger partial charge >= 0.3 is 5.91 Å². The summed E-state index contributed by atoms with van der Waals surface area (Å²) in [6.07, 6.45) is 0. The van der Waals surface area contributed by atoms with Gasteiger partial charge in [-0.3, -0.25) is 4.79 Å². The smallest absolute Gasteiger partial charge is 0.318 e. The van der Waals surface area contributed by atoms with Crippen LogP contribution in [-0.2, 0) is 7.05 Å². The van der Waals surface area contributed by atoms with E-state index in [1.54, 1.807) is 13.0 Å². The highest BCUT2D eigenvalue weighted by Gasteiger charge is 2.11. The zero-order chi connectivity index (χ0) is 14.3. The molecule has 3 rings (SSSR count). The first-order chi connectivity index (χ1) is 9.54. The highest BCUT2D eigenvalue weighted by atomic mass is 35.5. The molecule has 0 aliphatic carbocycles. The van der Waals surface area contributed by atoms with E-state index in [-0.39, 0.29) is 5.76 Å². The van der Waals surface area contributed by atoms with E-state index in [4.69, 9.17) is 16.1 Å². The molecule has 0 spiro atoms. The molecular weight excluding hydrogens is 298 g/mol. The van der Waals surface area contributed by atoms with Crippen LogP contribution in [0, 0.1) is 6.92 Å². The van der Waals surface area contributed by atoms with Crippen LogP contribution in [0.15, 0.2) is 33.8 Å². The lowest BCUT2D eigenvalue weighted by atomic mass is 10.3. The molecule has 0 atom stereocenters. The van der Waals surface area contributed by atoms with Crippen LogP contribution >= 0.6 is 22.9 Å². The van der Waals surface area contributed by atoms with Gasteiger partial charge in [0, 0.05) is 18.1 Å². The van der Waals surface area contributed by atoms with Crippen molar-refractivity contribution in [3.8, 4) is 0 Å². The van der Waals surface area contributed by atoms with Crippen LogP contribution in [0.1, 0.15) is 16.2 Å². The number of rotatable bonds is 1. The Morgan fingerprint density at radius 2 is 2.25 bits per heavy atom. The van der Waals surface area contributed by atoms with Gasteiger partial charge in [0.1, 0.15) is 0 Å². The van der Waals surface area contributed by atoms with Gasteiger partial charge in [-0.1, -0.05) is 28.1 Å². The number of aromatic nitrogens is 2. The van der Waals surface area contributed by atoms with E-state index in [1.807, 2.05) is 29.8 Å². The van der Waals surface area contributed by atoms with Crippen molar-refractivity contribution < 1.29 is 9.32 Å². The van der Waals surface area contributed by atoms with Crippen LogP contribution < -0.4 is 4.80 Å². The van der Waals surface area contributed by atoms with Crippen molar-refractivity contribution in [3.63, 3.8) is 0 Å². The second-order valence-electron chi connectivity index (χ2n) is 4.31. The Bertz CT molecular complexity index is 875. The Hall–Kier alpha value is -1.92. The number of hydrogen-bond acceptors (Lipinski definition) is 4. The van der Waals surface area contributed by atoms with Crippen LogP contribution in [0.3, 0.4) is 0 Å². The summed E-state index contributed by atoms with van der Waals surface area (Å²) in [5.74, 6) is -0.308. The number of halogens is 1. The summed E-state index contributed by atoms with van der Waals surface area (Å²) < 4.78 is 7.73. The number of amides is 1. The summed E-state index contributed by atoms with van der Waals surface area (Å²) in [4.78, 5) is 16.6. The molecule has 3 aromatic rings. The lowest BCUT2D eigenvalue weighted by Gasteiger charge is -1.94. The highest BCUT2D eigenvalue weighted by molar-refractivity contribution is 7.16. The minimum Gasteiger partial charge on any atom is -0.351 e. The first kappa shape index (κ1) is 13.1. The number of carbonyl (C=O) groups is 1. The van der Waals surface area contributed by atoms with Crippen molar-refractivity contribution in [2.75, 3.05) is 0 Å². The summed E-state index contributed by atoms with van der Waals surface area (Å²) in [7, 11) is 1.85. The zero-order valence-corrected chi connectivity index (χ0v) is 12.3. The quantitative estimate of drug-likeness (QED) is 0.694. The summed E-state index contributed by atoms with van der Waals surface area (Å²) in [6, 6.07) is 7.12. The van der Waals surface area contributed by atoms with Crippen molar-refractivity contribution >= 4 is 39.1 Å². The SMILES string of the molecule is Cc1cc(C(=O)N=c2sc3cc(Cl)ccc3n2C)on1. The van der Waals surface area contributed by atoms with E-state index in [9.17, 15) is 4.79 Å². The average molecular weight is 308 g/mol. The Morgan fingerprint density at radius 1 is 1.45 bits per heavy atom. The fourth-order valence-corrected chi connectivity index (χ4v) is 3.11. The van der Waals surface area contributed by atoms with Crippen LogP contribution in [0.4, 0.5) is 0 Å². The molecular formula is C13H10ClN3O2S. The highest BCUT2D eigenvalue weighted by Crippen LogP contribution is 2.21. The molecule has 0 saturated heterocycles. The largest absolute Gasteiger partial charge is 0.351 e. The molecule has 5 nitrogen and oxygen atoms in total. The van der Waals surface area contributed by atoms with E-state index in [1.165, 1.54) is 11.3 Å². The fraction of sp³-hybridized carbons (Fsp3) is 0.154. The minimum atomic E-state index is -0.446. The second kappa shape index (κ2) is 4.88. The van der Waals surface area contributed by atoms with E-state index in [0.717, 1.165) is 10.2 Å². The Kier molecular flexibility index (Phi) is 3.19. The number of carbonyl (C=O) groups excluding carboxylic acids is 1. The third-order valence-corrected chi connectivity index (χ3v) is 4.14. The molecule has 0 unspecified atom stereocenters. The van der Waals surface area contributed by atoms with Gasteiger partial charge in [0.15, 0.2) is 4.80 Å². The number of fused-ring (bicyclic) bond motifs is 1. The molecule has 0 aliphatic heterocycles. The maximum Gasteiger partial charge on any atom is 0.318 e. The topological polar surface area (TPSA) is 60.4 Å². The first-order valence-corrected chi connectivity index (χ1v) is 7.01. The molecule has 0 aliphatic rings. The van der Waals surface area contributed by atoms with Gasteiger partial charge < -0.3 is 9.09 Å². The molecule has 1 amide bonds. The van der Waals surface area contributed by atoms with Crippen LogP contribution in [0.25, 0.3) is 10.2 Å². The summed E-state index contributed by atoms with van der Waals surface area (Å²) in [5.41, 5.74) is 1.62. The summed E-state index contributed by atoms with van der Waals surface area (Å²) in [6.45, 7) is 1.75. The number of benzene rings is 1. The van der Waals surface area contributed by atoms with Crippen molar-refractivity contribution in [3.05, 3.63) is 45.5 Å². The molecule has 20 heavy (non-hydrogen) atoms. The summed E-state index contributed by atoms with van der Waals surface area (Å²) >= 11 is 7.36. The van der Waals surface area contributed by atoms with Gasteiger partial charge in [-0.15, -0.1) is 0 Å². The van der Waals surface area contributed by atoms with Gasteiger partial charge in [-0.25, -0.2) is 0 Å². The van der Waals surface area contributed by atoms with Crippen molar-refractivity contribution in [2.45, 2.75) is 6.92 Å². The minimum absolute atomic E-state index is 0.137. The number of nitrogens with zero attached hydrogens (tertiary/aromatic N) is 3. The monoisotopic (exact) mass is 307 g/mol. The molecule has 2 aromatic heterocycles. The molecule has 0 bridgehead atoms. The molecule has 2 heterocycles. The van der Waals surface area contributed by atoms with E-state index >= 15 is 0 Å². The van der Waals surface area contributed by atoms with Gasteiger partial charge in [-0.2, -0.15) is 4.99 Å². The Balaban J connectivity index is 2.12. The molecule has 102 valence electrons. The van der Waals surface area contributed by atoms with Gasteiger partial charge in [0.25, 0.3) is 0 Å². The molecule has 0 fully saturated rings. The lowest BCUT2D eigenvalue weighted by Crippen LogP contribution is -2.12. The first-order valence-electron chi connectivity index (χ1n) is 5.82. The maximum absolute atomic E-state index is 12.0. The fourth-order valence-electron chi connectivity index (χ4n) is 1.82. The second-order valence-corrected chi connectivity index (χ2v) is 5.75. The maximum atomic E-state index is 12.0. The zero-order valence-electron chi connectivity index (χ0n) is 10.8. The normalized spacial score (nSPS) is 12.2. The van der Waals surface area contributed by atoms with Gasteiger partial charge in [0.2, 0.25) is 5.76 Å². The molecule has 0 radical (unpaired) electrons. The van der Waals surface area contributed by atoms with Crippen LogP contribution in [-0.4, -0.2) is 15.6 Å². The standard InChI is InChI=1S/C13H10ClN3O2S/c1-7-5-10(19-16-7)12(18)15-13-17(2)9-4-3-8(14)6-11(9)20-13/h3-6H,1-2H3. The van der Waals surface area contributed by atoms with E-state index < -0.39 is 5.91 Å².